The maximum atomic E-state index is 9.95. The molecule has 5 heteroatoms. The molecule has 0 radical (unpaired) electrons. The van der Waals surface area contributed by atoms with Gasteiger partial charge in [-0.2, -0.15) is 5.06 Å². The smallest absolute Gasteiger partial charge is 0.110 e. The van der Waals surface area contributed by atoms with Gasteiger partial charge in [0.05, 0.1) is 13.2 Å². The second-order valence-electron chi connectivity index (χ2n) is 5.36. The molecule has 5 nitrogen and oxygen atoms in total. The Morgan fingerprint density at radius 3 is 2.44 bits per heavy atom. The van der Waals surface area contributed by atoms with Gasteiger partial charge in [0.15, 0.2) is 0 Å². The number of aliphatic hydroxyl groups is 2. The fourth-order valence-corrected chi connectivity index (χ4v) is 2.62. The summed E-state index contributed by atoms with van der Waals surface area (Å²) >= 11 is 0. The Bertz CT molecular complexity index is 222. The normalized spacial score (nSPS) is 23.0. The Morgan fingerprint density at radius 2 is 1.89 bits per heavy atom. The van der Waals surface area contributed by atoms with Crippen molar-refractivity contribution in [2.24, 2.45) is 11.7 Å². The summed E-state index contributed by atoms with van der Waals surface area (Å²) in [4.78, 5) is 4.91. The quantitative estimate of drug-likeness (QED) is 0.467. The van der Waals surface area contributed by atoms with E-state index in [0.29, 0.717) is 12.3 Å². The highest BCUT2D eigenvalue weighted by Gasteiger charge is 2.27. The van der Waals surface area contributed by atoms with Gasteiger partial charge in [0.2, 0.25) is 0 Å². The van der Waals surface area contributed by atoms with Crippen molar-refractivity contribution < 1.29 is 15.1 Å². The largest absolute Gasteiger partial charge is 0.390 e. The maximum Gasteiger partial charge on any atom is 0.110 e. The summed E-state index contributed by atoms with van der Waals surface area (Å²) in [5.41, 5.74) is 5.77. The van der Waals surface area contributed by atoms with Crippen molar-refractivity contribution in [2.45, 2.75) is 63.3 Å². The first kappa shape index (κ1) is 15.9. The Kier molecular flexibility index (Phi) is 7.11. The van der Waals surface area contributed by atoms with Crippen molar-refractivity contribution in [1.82, 2.24) is 5.06 Å². The van der Waals surface area contributed by atoms with Gasteiger partial charge in [0.25, 0.3) is 0 Å². The Labute approximate surface area is 110 Å². The van der Waals surface area contributed by atoms with Crippen LogP contribution in [0, 0.1) is 5.92 Å². The van der Waals surface area contributed by atoms with E-state index in [9.17, 15) is 10.2 Å². The summed E-state index contributed by atoms with van der Waals surface area (Å²) in [5, 5.41) is 21.2. The maximum absolute atomic E-state index is 9.95. The van der Waals surface area contributed by atoms with Crippen LogP contribution in [0.2, 0.25) is 0 Å². The van der Waals surface area contributed by atoms with Gasteiger partial charge >= 0.3 is 0 Å². The summed E-state index contributed by atoms with van der Waals surface area (Å²) in [5.74, 6) is 0.706. The van der Waals surface area contributed by atoms with Crippen LogP contribution in [0.25, 0.3) is 0 Å². The minimum Gasteiger partial charge on any atom is -0.390 e. The average molecular weight is 260 g/mol. The highest BCUT2D eigenvalue weighted by Crippen LogP contribution is 2.28. The van der Waals surface area contributed by atoms with E-state index in [1.54, 1.807) is 7.05 Å². The molecule has 1 unspecified atom stereocenters. The summed E-state index contributed by atoms with van der Waals surface area (Å²) in [7, 11) is 3.13. The van der Waals surface area contributed by atoms with E-state index < -0.39 is 18.4 Å². The average Bonchev–Trinajstić information content (AvgIpc) is 2.43. The van der Waals surface area contributed by atoms with Crippen LogP contribution < -0.4 is 5.73 Å². The molecule has 4 N–H and O–H groups in total. The van der Waals surface area contributed by atoms with Crippen LogP contribution in [0.1, 0.15) is 44.9 Å². The molecule has 3 atom stereocenters. The van der Waals surface area contributed by atoms with E-state index in [1.165, 1.54) is 44.3 Å². The molecule has 1 aliphatic rings. The molecule has 18 heavy (non-hydrogen) atoms. The molecule has 1 saturated carbocycles. The van der Waals surface area contributed by atoms with Crippen molar-refractivity contribution in [2.75, 3.05) is 14.2 Å². The number of nitrogens with zero attached hydrogens (tertiary/aromatic N) is 1. The first-order valence-corrected chi connectivity index (χ1v) is 6.95. The molecule has 108 valence electrons. The lowest BCUT2D eigenvalue weighted by Gasteiger charge is -2.30. The van der Waals surface area contributed by atoms with E-state index in [-0.39, 0.29) is 0 Å². The molecule has 0 aromatic heterocycles. The zero-order chi connectivity index (χ0) is 13.5. The number of hydrogen-bond donors (Lipinski definition) is 3. The number of rotatable bonds is 7. The Balaban J connectivity index is 2.27. The van der Waals surface area contributed by atoms with Crippen LogP contribution in [0.15, 0.2) is 0 Å². The predicted molar refractivity (Wildman–Crippen MR) is 70.6 cm³/mol. The lowest BCUT2D eigenvalue weighted by atomic mass is 9.85. The van der Waals surface area contributed by atoms with Gasteiger partial charge in [0.1, 0.15) is 12.3 Å². The Morgan fingerprint density at radius 1 is 1.28 bits per heavy atom. The topological polar surface area (TPSA) is 79.0 Å². The van der Waals surface area contributed by atoms with Gasteiger partial charge in [-0.1, -0.05) is 32.1 Å². The number of likely N-dealkylation sites (N-methyl/N-ethyl adjacent to an activating group) is 1. The minimum atomic E-state index is -0.974. The van der Waals surface area contributed by atoms with Crippen molar-refractivity contribution >= 4 is 0 Å². The molecule has 0 aromatic rings. The summed E-state index contributed by atoms with van der Waals surface area (Å²) < 4.78 is 0. The summed E-state index contributed by atoms with van der Waals surface area (Å²) in [6.45, 7) is 0. The van der Waals surface area contributed by atoms with E-state index in [2.05, 4.69) is 0 Å². The van der Waals surface area contributed by atoms with Crippen molar-refractivity contribution in [3.05, 3.63) is 0 Å². The highest BCUT2D eigenvalue weighted by atomic mass is 16.7. The third kappa shape index (κ3) is 4.82. The van der Waals surface area contributed by atoms with Gasteiger partial charge in [-0.05, 0) is 18.8 Å². The molecule has 0 amide bonds. The van der Waals surface area contributed by atoms with Crippen LogP contribution in [0.3, 0.4) is 0 Å². The first-order chi connectivity index (χ1) is 8.56. The number of aliphatic hydroxyl groups excluding tert-OH is 2. The third-order valence-corrected chi connectivity index (χ3v) is 4.05. The SMILES string of the molecule is CON(C)C(N)[C@H](O)[C@H](O)CCC1CCCCC1. The second-order valence-corrected chi connectivity index (χ2v) is 5.36. The minimum absolute atomic E-state index is 0.608. The molecule has 0 spiro atoms. The first-order valence-electron chi connectivity index (χ1n) is 6.95. The number of hydrogen-bond acceptors (Lipinski definition) is 5. The fourth-order valence-electron chi connectivity index (χ4n) is 2.62. The van der Waals surface area contributed by atoms with E-state index >= 15 is 0 Å². The highest BCUT2D eigenvalue weighted by molar-refractivity contribution is 4.77. The van der Waals surface area contributed by atoms with Crippen molar-refractivity contribution in [1.29, 1.82) is 0 Å². The van der Waals surface area contributed by atoms with Crippen LogP contribution in [-0.2, 0) is 4.84 Å². The molecule has 1 aliphatic carbocycles. The van der Waals surface area contributed by atoms with E-state index in [0.717, 1.165) is 6.42 Å². The summed E-state index contributed by atoms with van der Waals surface area (Å²) in [6, 6.07) is 0. The molecule has 0 bridgehead atoms. The van der Waals surface area contributed by atoms with Crippen LogP contribution in [-0.4, -0.2) is 47.8 Å². The van der Waals surface area contributed by atoms with Gasteiger partial charge in [-0.3, -0.25) is 0 Å². The molecule has 0 aliphatic heterocycles. The molecule has 1 fully saturated rings. The van der Waals surface area contributed by atoms with E-state index in [1.807, 2.05) is 0 Å². The zero-order valence-corrected chi connectivity index (χ0v) is 11.6. The lowest BCUT2D eigenvalue weighted by molar-refractivity contribution is -0.178. The molecule has 0 saturated heterocycles. The van der Waals surface area contributed by atoms with Crippen molar-refractivity contribution in [3.63, 3.8) is 0 Å². The number of hydroxylamine groups is 2. The van der Waals surface area contributed by atoms with Crippen LogP contribution in [0.4, 0.5) is 0 Å². The molecular formula is C13H28N2O3. The van der Waals surface area contributed by atoms with Crippen LogP contribution in [0.5, 0.6) is 0 Å². The third-order valence-electron chi connectivity index (χ3n) is 4.05. The Hall–Kier alpha value is -0.200. The standard InChI is InChI=1S/C13H28N2O3/c1-15(18-2)13(14)12(17)11(16)9-8-10-6-4-3-5-7-10/h10-13,16-17H,3-9,14H2,1-2H3/t11-,12-,13?/m1/s1. The molecular weight excluding hydrogens is 232 g/mol. The molecule has 0 aromatic carbocycles. The van der Waals surface area contributed by atoms with Gasteiger partial charge in [0, 0.05) is 7.05 Å². The lowest BCUT2D eigenvalue weighted by Crippen LogP contribution is -2.52. The predicted octanol–water partition coefficient (Wildman–Crippen LogP) is 0.847. The monoisotopic (exact) mass is 260 g/mol. The number of nitrogens with two attached hydrogens (primary N) is 1. The van der Waals surface area contributed by atoms with Gasteiger partial charge < -0.3 is 20.8 Å². The summed E-state index contributed by atoms with van der Waals surface area (Å²) in [6.07, 6.45) is 5.59. The molecule has 1 rings (SSSR count). The van der Waals surface area contributed by atoms with E-state index in [4.69, 9.17) is 10.6 Å². The fraction of sp³-hybridized carbons (Fsp3) is 1.00. The second kappa shape index (κ2) is 8.07. The zero-order valence-electron chi connectivity index (χ0n) is 11.6. The van der Waals surface area contributed by atoms with Crippen LogP contribution >= 0.6 is 0 Å². The van der Waals surface area contributed by atoms with Gasteiger partial charge in [-0.15, -0.1) is 0 Å². The molecule has 0 heterocycles. The van der Waals surface area contributed by atoms with Gasteiger partial charge in [-0.25, -0.2) is 0 Å². The van der Waals surface area contributed by atoms with Crippen molar-refractivity contribution in [3.8, 4) is 0 Å².